The lowest BCUT2D eigenvalue weighted by Gasteiger charge is -2.29. The minimum Gasteiger partial charge on any atom is -0.354 e. The Morgan fingerprint density at radius 1 is 0.906 bits per heavy atom. The largest absolute Gasteiger partial charge is 0.354 e. The molecule has 0 fully saturated rings. The second kappa shape index (κ2) is 13.0. The molecule has 0 spiro atoms. The first-order valence-electron chi connectivity index (χ1n) is 10.1. The average Bonchev–Trinajstić information content (AvgIpc) is 2.73. The van der Waals surface area contributed by atoms with Crippen LogP contribution >= 0.6 is 58.2 Å². The van der Waals surface area contributed by atoms with E-state index in [9.17, 15) is 9.59 Å². The van der Waals surface area contributed by atoms with Crippen LogP contribution in [0.1, 0.15) is 31.9 Å². The van der Waals surface area contributed by atoms with Crippen LogP contribution in [0.15, 0.2) is 36.4 Å². The fourth-order valence-corrected chi connectivity index (χ4v) is 5.05. The predicted octanol–water partition coefficient (Wildman–Crippen LogP) is 6.72. The molecule has 0 heterocycles. The zero-order valence-electron chi connectivity index (χ0n) is 18.1. The molecule has 0 bridgehead atoms. The highest BCUT2D eigenvalue weighted by Gasteiger charge is 2.27. The maximum Gasteiger partial charge on any atom is 0.242 e. The number of carbonyl (C=O) groups excluding carboxylic acids is 2. The molecule has 2 aromatic rings. The maximum absolute atomic E-state index is 13.2. The normalized spacial score (nSPS) is 12.0. The zero-order valence-corrected chi connectivity index (χ0v) is 22.0. The van der Waals surface area contributed by atoms with Crippen LogP contribution in [-0.2, 0) is 21.9 Å². The van der Waals surface area contributed by atoms with E-state index in [1.54, 1.807) is 43.3 Å². The summed E-state index contributed by atoms with van der Waals surface area (Å²) >= 11 is 26.5. The van der Waals surface area contributed by atoms with Crippen molar-refractivity contribution in [2.45, 2.75) is 39.1 Å². The van der Waals surface area contributed by atoms with E-state index < -0.39 is 6.04 Å². The molecule has 1 atom stereocenters. The Balaban J connectivity index is 2.17. The van der Waals surface area contributed by atoms with Gasteiger partial charge in [0.2, 0.25) is 11.8 Å². The molecule has 0 aromatic heterocycles. The summed E-state index contributed by atoms with van der Waals surface area (Å²) in [6.07, 6.45) is 0. The summed E-state index contributed by atoms with van der Waals surface area (Å²) in [7, 11) is 0. The Hall–Kier alpha value is -1.11. The highest BCUT2D eigenvalue weighted by atomic mass is 35.5. The van der Waals surface area contributed by atoms with Gasteiger partial charge in [-0.25, -0.2) is 0 Å². The summed E-state index contributed by atoms with van der Waals surface area (Å²) in [6.45, 7) is 6.37. The van der Waals surface area contributed by atoms with Gasteiger partial charge in [0.25, 0.3) is 0 Å². The van der Waals surface area contributed by atoms with Gasteiger partial charge in [-0.05, 0) is 42.7 Å². The van der Waals surface area contributed by atoms with Crippen LogP contribution in [0.2, 0.25) is 20.1 Å². The molecule has 4 nitrogen and oxygen atoms in total. The lowest BCUT2D eigenvalue weighted by molar-refractivity contribution is -0.138. The van der Waals surface area contributed by atoms with Crippen LogP contribution in [0.4, 0.5) is 0 Å². The molecule has 2 amide bonds. The summed E-state index contributed by atoms with van der Waals surface area (Å²) < 4.78 is 0. The fraction of sp³-hybridized carbons (Fsp3) is 0.391. The minimum atomic E-state index is -0.696. The van der Waals surface area contributed by atoms with E-state index in [4.69, 9.17) is 46.4 Å². The molecule has 0 unspecified atom stereocenters. The van der Waals surface area contributed by atoms with Crippen molar-refractivity contribution in [3.8, 4) is 0 Å². The average molecular weight is 536 g/mol. The van der Waals surface area contributed by atoms with E-state index >= 15 is 0 Å². The topological polar surface area (TPSA) is 49.4 Å². The van der Waals surface area contributed by atoms with Crippen molar-refractivity contribution < 1.29 is 9.59 Å². The third-order valence-electron chi connectivity index (χ3n) is 4.78. The molecule has 32 heavy (non-hydrogen) atoms. The van der Waals surface area contributed by atoms with E-state index in [2.05, 4.69) is 5.32 Å². The Kier molecular flexibility index (Phi) is 11.0. The van der Waals surface area contributed by atoms with Gasteiger partial charge >= 0.3 is 0 Å². The van der Waals surface area contributed by atoms with Gasteiger partial charge in [0.15, 0.2) is 0 Å². The Bertz CT molecular complexity index is 915. The Morgan fingerprint density at radius 2 is 1.41 bits per heavy atom. The maximum atomic E-state index is 13.2. The standard InChI is InChI=1S/C23H26Cl4N2O2S/c1-14(2)10-28-23(31)15(3)29(11-16-18(24)6-4-7-19(16)25)22(30)13-32-12-17-20(26)8-5-9-21(17)27/h4-9,14-15H,10-13H2,1-3H3,(H,28,31)/t15-/m0/s1. The molecule has 0 saturated carbocycles. The molecule has 174 valence electrons. The van der Waals surface area contributed by atoms with Crippen LogP contribution in [0.3, 0.4) is 0 Å². The number of carbonyl (C=O) groups is 2. The summed E-state index contributed by atoms with van der Waals surface area (Å²) in [4.78, 5) is 27.4. The summed E-state index contributed by atoms with van der Waals surface area (Å²) in [5.41, 5.74) is 1.38. The highest BCUT2D eigenvalue weighted by Crippen LogP contribution is 2.29. The molecule has 1 N–H and O–H groups in total. The predicted molar refractivity (Wildman–Crippen MR) is 137 cm³/mol. The SMILES string of the molecule is CC(C)CNC(=O)[C@H](C)N(Cc1c(Cl)cccc1Cl)C(=O)CSCc1c(Cl)cccc1Cl. The summed E-state index contributed by atoms with van der Waals surface area (Å²) in [5, 5.41) is 4.89. The lowest BCUT2D eigenvalue weighted by atomic mass is 10.1. The van der Waals surface area contributed by atoms with Crippen molar-refractivity contribution in [1.82, 2.24) is 10.2 Å². The van der Waals surface area contributed by atoms with Gasteiger partial charge < -0.3 is 10.2 Å². The summed E-state index contributed by atoms with van der Waals surface area (Å²) in [5.74, 6) is 0.476. The number of amides is 2. The number of hydrogen-bond acceptors (Lipinski definition) is 3. The third kappa shape index (κ3) is 7.74. The van der Waals surface area contributed by atoms with E-state index in [1.165, 1.54) is 16.7 Å². The second-order valence-electron chi connectivity index (χ2n) is 7.73. The monoisotopic (exact) mass is 534 g/mol. The number of nitrogens with zero attached hydrogens (tertiary/aromatic N) is 1. The first kappa shape index (κ1) is 27.1. The molecule has 0 saturated heterocycles. The minimum absolute atomic E-state index is 0.126. The molecule has 0 aliphatic carbocycles. The van der Waals surface area contributed by atoms with Crippen LogP contribution in [0.5, 0.6) is 0 Å². The smallest absolute Gasteiger partial charge is 0.242 e. The van der Waals surface area contributed by atoms with Gasteiger partial charge in [0, 0.05) is 44.5 Å². The van der Waals surface area contributed by atoms with E-state index in [-0.39, 0.29) is 24.1 Å². The molecule has 2 rings (SSSR count). The van der Waals surface area contributed by atoms with Gasteiger partial charge in [-0.3, -0.25) is 9.59 Å². The quantitative estimate of drug-likeness (QED) is 0.367. The Morgan fingerprint density at radius 3 is 1.91 bits per heavy atom. The van der Waals surface area contributed by atoms with Gasteiger partial charge in [-0.1, -0.05) is 72.4 Å². The number of thioether (sulfide) groups is 1. The summed E-state index contributed by atoms with van der Waals surface area (Å²) in [6, 6.07) is 9.76. The second-order valence-corrected chi connectivity index (χ2v) is 10.3. The van der Waals surface area contributed by atoms with Gasteiger partial charge in [0.1, 0.15) is 6.04 Å². The van der Waals surface area contributed by atoms with Crippen molar-refractivity contribution in [3.63, 3.8) is 0 Å². The fourth-order valence-electron chi connectivity index (χ4n) is 2.88. The number of rotatable bonds is 10. The first-order valence-corrected chi connectivity index (χ1v) is 12.8. The third-order valence-corrected chi connectivity index (χ3v) is 7.14. The number of hydrogen-bond donors (Lipinski definition) is 1. The van der Waals surface area contributed by atoms with Crippen molar-refractivity contribution in [3.05, 3.63) is 67.6 Å². The van der Waals surface area contributed by atoms with E-state index in [1.807, 2.05) is 13.8 Å². The lowest BCUT2D eigenvalue weighted by Crippen LogP contribution is -2.48. The molecular weight excluding hydrogens is 510 g/mol. The molecule has 0 aliphatic rings. The molecule has 9 heteroatoms. The van der Waals surface area contributed by atoms with Crippen molar-refractivity contribution in [2.75, 3.05) is 12.3 Å². The number of nitrogens with one attached hydrogen (secondary N) is 1. The Labute approximate surface area is 213 Å². The highest BCUT2D eigenvalue weighted by molar-refractivity contribution is 7.99. The van der Waals surface area contributed by atoms with Crippen LogP contribution in [0.25, 0.3) is 0 Å². The van der Waals surface area contributed by atoms with Crippen LogP contribution < -0.4 is 5.32 Å². The van der Waals surface area contributed by atoms with E-state index in [0.29, 0.717) is 43.9 Å². The van der Waals surface area contributed by atoms with Gasteiger partial charge in [-0.2, -0.15) is 0 Å². The van der Waals surface area contributed by atoms with E-state index in [0.717, 1.165) is 5.56 Å². The van der Waals surface area contributed by atoms with Crippen molar-refractivity contribution in [1.29, 1.82) is 0 Å². The first-order chi connectivity index (χ1) is 15.1. The van der Waals surface area contributed by atoms with Gasteiger partial charge in [-0.15, -0.1) is 11.8 Å². The number of halogens is 4. The molecule has 2 aromatic carbocycles. The van der Waals surface area contributed by atoms with Crippen molar-refractivity contribution in [2.24, 2.45) is 5.92 Å². The molecule has 0 aliphatic heterocycles. The van der Waals surface area contributed by atoms with Crippen LogP contribution in [0, 0.1) is 5.92 Å². The molecular formula is C23H26Cl4N2O2S. The zero-order chi connectivity index (χ0) is 23.8. The van der Waals surface area contributed by atoms with Crippen molar-refractivity contribution >= 4 is 70.0 Å². The number of benzene rings is 2. The van der Waals surface area contributed by atoms with Crippen LogP contribution in [-0.4, -0.2) is 35.1 Å². The molecule has 0 radical (unpaired) electrons. The van der Waals surface area contributed by atoms with Gasteiger partial charge in [0.05, 0.1) is 5.75 Å².